The SMILES string of the molecule is CCOC(=O)/C=C/C[C@@H]1C[C@H]2[C@@H]3CCc4cc(O[Si](C)(C)C(C)(C)C)ccc4[C@H]3CC[C@]2(C)[C@H]1OC(C)=O. The molecule has 1 aromatic carbocycles. The summed E-state index contributed by atoms with van der Waals surface area (Å²) >= 11 is 0. The van der Waals surface area contributed by atoms with Gasteiger partial charge in [0.05, 0.1) is 6.61 Å². The number of hydrogen-bond acceptors (Lipinski definition) is 5. The van der Waals surface area contributed by atoms with E-state index >= 15 is 0 Å². The molecule has 0 amide bonds. The van der Waals surface area contributed by atoms with Crippen LogP contribution in [0.2, 0.25) is 18.1 Å². The van der Waals surface area contributed by atoms with E-state index in [1.54, 1.807) is 0 Å². The minimum Gasteiger partial charge on any atom is -0.543 e. The molecule has 0 saturated heterocycles. The zero-order valence-electron chi connectivity index (χ0n) is 24.8. The van der Waals surface area contributed by atoms with Gasteiger partial charge in [-0.15, -0.1) is 0 Å². The smallest absolute Gasteiger partial charge is 0.330 e. The highest BCUT2D eigenvalue weighted by atomic mass is 28.4. The lowest BCUT2D eigenvalue weighted by atomic mass is 9.55. The number of hydrogen-bond donors (Lipinski definition) is 0. The van der Waals surface area contributed by atoms with Crippen molar-refractivity contribution in [3.8, 4) is 5.75 Å². The highest BCUT2D eigenvalue weighted by molar-refractivity contribution is 6.74. The normalized spacial score (nSPS) is 30.8. The third-order valence-corrected chi connectivity index (χ3v) is 14.6. The predicted molar refractivity (Wildman–Crippen MR) is 154 cm³/mol. The number of fused-ring (bicyclic) bond motifs is 5. The summed E-state index contributed by atoms with van der Waals surface area (Å²) in [5.41, 5.74) is 2.92. The van der Waals surface area contributed by atoms with Gasteiger partial charge < -0.3 is 13.9 Å². The summed E-state index contributed by atoms with van der Waals surface area (Å²) in [4.78, 5) is 24.0. The second kappa shape index (κ2) is 10.8. The van der Waals surface area contributed by atoms with Crippen LogP contribution in [0, 0.1) is 23.2 Å². The molecule has 0 aromatic heterocycles. The predicted octanol–water partition coefficient (Wildman–Crippen LogP) is 7.59. The number of esters is 2. The molecule has 0 heterocycles. The monoisotopic (exact) mass is 540 g/mol. The van der Waals surface area contributed by atoms with Crippen LogP contribution < -0.4 is 4.43 Å². The minimum absolute atomic E-state index is 0.0296. The highest BCUT2D eigenvalue weighted by Gasteiger charge is 2.59. The van der Waals surface area contributed by atoms with Crippen LogP contribution in [-0.2, 0) is 25.5 Å². The Bertz CT molecular complexity index is 1070. The molecule has 1 aromatic rings. The first kappa shape index (κ1) is 28.9. The fraction of sp³-hybridized carbons (Fsp3) is 0.688. The van der Waals surface area contributed by atoms with Gasteiger partial charge in [0, 0.05) is 24.3 Å². The van der Waals surface area contributed by atoms with Crippen LogP contribution in [0.15, 0.2) is 30.4 Å². The van der Waals surface area contributed by atoms with Crippen molar-refractivity contribution < 1.29 is 23.5 Å². The molecule has 0 spiro atoms. The van der Waals surface area contributed by atoms with Crippen molar-refractivity contribution in [2.45, 2.75) is 110 Å². The van der Waals surface area contributed by atoms with E-state index in [2.05, 4.69) is 59.0 Å². The van der Waals surface area contributed by atoms with Gasteiger partial charge in [-0.3, -0.25) is 4.79 Å². The lowest BCUT2D eigenvalue weighted by Gasteiger charge is -2.50. The quantitative estimate of drug-likeness (QED) is 0.202. The van der Waals surface area contributed by atoms with Gasteiger partial charge in [-0.05, 0) is 105 Å². The van der Waals surface area contributed by atoms with E-state index < -0.39 is 8.32 Å². The maximum Gasteiger partial charge on any atom is 0.330 e. The standard InChI is InChI=1S/C32H48O5Si/c1-9-35-29(34)12-10-11-23-20-28-27-15-13-22-19-24(37-38(7,8)31(3,4)5)14-16-25(22)26(27)17-18-32(28,6)30(23)36-21(2)33/h10,12,14,16,19,23,26-28,30H,9,11,13,15,17-18,20H2,1-8H3/b12-10+/t23-,26-,27-,28+,30+,32+/m1/s1. The van der Waals surface area contributed by atoms with Crippen molar-refractivity contribution in [2.75, 3.05) is 6.61 Å². The third kappa shape index (κ3) is 5.61. The van der Waals surface area contributed by atoms with E-state index in [9.17, 15) is 9.59 Å². The van der Waals surface area contributed by atoms with Crippen molar-refractivity contribution in [3.05, 3.63) is 41.5 Å². The van der Waals surface area contributed by atoms with Gasteiger partial charge in [0.15, 0.2) is 0 Å². The van der Waals surface area contributed by atoms with Crippen molar-refractivity contribution >= 4 is 20.3 Å². The molecular weight excluding hydrogens is 492 g/mol. The van der Waals surface area contributed by atoms with Gasteiger partial charge in [-0.2, -0.15) is 0 Å². The van der Waals surface area contributed by atoms with Crippen LogP contribution in [0.3, 0.4) is 0 Å². The molecule has 210 valence electrons. The average Bonchev–Trinajstić information content (AvgIpc) is 3.09. The number of carbonyl (C=O) groups excluding carboxylic acids is 2. The molecular formula is C32H48O5Si. The summed E-state index contributed by atoms with van der Waals surface area (Å²) < 4.78 is 17.7. The zero-order chi connectivity index (χ0) is 27.9. The molecule has 0 radical (unpaired) electrons. The topological polar surface area (TPSA) is 61.8 Å². The van der Waals surface area contributed by atoms with Gasteiger partial charge >= 0.3 is 11.9 Å². The second-order valence-electron chi connectivity index (χ2n) is 13.6. The van der Waals surface area contributed by atoms with Crippen molar-refractivity contribution in [1.82, 2.24) is 0 Å². The Kier molecular flexibility index (Phi) is 8.24. The molecule has 2 saturated carbocycles. The van der Waals surface area contributed by atoms with Gasteiger partial charge in [0.1, 0.15) is 11.9 Å². The van der Waals surface area contributed by atoms with Crippen LogP contribution in [0.4, 0.5) is 0 Å². The number of allylic oxidation sites excluding steroid dienone is 1. The third-order valence-electron chi connectivity index (χ3n) is 10.2. The minimum atomic E-state index is -1.88. The summed E-state index contributed by atoms with van der Waals surface area (Å²) in [5.74, 6) is 2.37. The van der Waals surface area contributed by atoms with Crippen LogP contribution in [-0.4, -0.2) is 33.0 Å². The highest BCUT2D eigenvalue weighted by Crippen LogP contribution is 2.63. The van der Waals surface area contributed by atoms with E-state index in [0.717, 1.165) is 37.9 Å². The molecule has 0 unspecified atom stereocenters. The van der Waals surface area contributed by atoms with Crippen LogP contribution in [0.1, 0.15) is 90.7 Å². The Morgan fingerprint density at radius 1 is 1.18 bits per heavy atom. The number of benzene rings is 1. The zero-order valence-corrected chi connectivity index (χ0v) is 25.8. The molecule has 38 heavy (non-hydrogen) atoms. The van der Waals surface area contributed by atoms with Gasteiger partial charge in [-0.1, -0.05) is 39.8 Å². The molecule has 0 bridgehead atoms. The Labute approximate surface area is 230 Å². The van der Waals surface area contributed by atoms with Gasteiger partial charge in [0.2, 0.25) is 8.32 Å². The summed E-state index contributed by atoms with van der Waals surface area (Å²) in [6, 6.07) is 6.86. The number of aryl methyl sites for hydroxylation is 1. The molecule has 5 nitrogen and oxygen atoms in total. The first-order chi connectivity index (χ1) is 17.8. The van der Waals surface area contributed by atoms with E-state index in [0.29, 0.717) is 24.4 Å². The lowest BCUT2D eigenvalue weighted by Crippen LogP contribution is -2.46. The molecule has 6 atom stereocenters. The average molecular weight is 541 g/mol. The van der Waals surface area contributed by atoms with Crippen LogP contribution in [0.25, 0.3) is 0 Å². The second-order valence-corrected chi connectivity index (χ2v) is 18.3. The molecule has 3 aliphatic carbocycles. The fourth-order valence-electron chi connectivity index (χ4n) is 7.36. The van der Waals surface area contributed by atoms with Crippen molar-refractivity contribution in [2.24, 2.45) is 23.2 Å². The maximum atomic E-state index is 12.1. The maximum absolute atomic E-state index is 12.1. The van der Waals surface area contributed by atoms with E-state index in [1.165, 1.54) is 30.5 Å². The van der Waals surface area contributed by atoms with Gasteiger partial charge in [-0.25, -0.2) is 4.79 Å². The molecule has 6 heteroatoms. The Morgan fingerprint density at radius 3 is 2.58 bits per heavy atom. The Morgan fingerprint density at radius 2 is 1.92 bits per heavy atom. The molecule has 4 rings (SSSR count). The summed E-state index contributed by atoms with van der Waals surface area (Å²) in [7, 11) is -1.88. The van der Waals surface area contributed by atoms with Crippen LogP contribution in [0.5, 0.6) is 5.75 Å². The summed E-state index contributed by atoms with van der Waals surface area (Å²) in [6.45, 7) is 17.5. The van der Waals surface area contributed by atoms with Gasteiger partial charge in [0.25, 0.3) is 0 Å². The molecule has 0 N–H and O–H groups in total. The number of carbonyl (C=O) groups is 2. The van der Waals surface area contributed by atoms with E-state index in [4.69, 9.17) is 13.9 Å². The number of ether oxygens (including phenoxy) is 2. The molecule has 0 aliphatic heterocycles. The molecule has 2 fully saturated rings. The summed E-state index contributed by atoms with van der Waals surface area (Å²) in [6.07, 6.45) is 9.50. The van der Waals surface area contributed by atoms with E-state index in [-0.39, 0.29) is 34.4 Å². The Hall–Kier alpha value is -2.08. The largest absolute Gasteiger partial charge is 0.543 e. The fourth-order valence-corrected chi connectivity index (χ4v) is 8.38. The molecule has 3 aliphatic rings. The summed E-state index contributed by atoms with van der Waals surface area (Å²) in [5, 5.41) is 0.171. The van der Waals surface area contributed by atoms with Crippen molar-refractivity contribution in [3.63, 3.8) is 0 Å². The number of rotatable bonds is 7. The van der Waals surface area contributed by atoms with Crippen molar-refractivity contribution in [1.29, 1.82) is 0 Å². The Balaban J connectivity index is 1.55. The van der Waals surface area contributed by atoms with Crippen LogP contribution >= 0.6 is 0 Å². The van der Waals surface area contributed by atoms with E-state index in [1.807, 2.05) is 13.0 Å². The first-order valence-corrected chi connectivity index (χ1v) is 17.5. The lowest BCUT2D eigenvalue weighted by molar-refractivity contribution is -0.157. The first-order valence-electron chi connectivity index (χ1n) is 14.6.